The maximum Gasteiger partial charge on any atom is 0.119 e. The Hall–Kier alpha value is -1.30. The van der Waals surface area contributed by atoms with E-state index in [1.165, 1.54) is 0 Å². The summed E-state index contributed by atoms with van der Waals surface area (Å²) < 4.78 is 5.01. The molecule has 1 aliphatic heterocycles. The lowest BCUT2D eigenvalue weighted by Gasteiger charge is -2.53. The number of nitrogens with zero attached hydrogens (tertiary/aromatic N) is 1. The lowest BCUT2D eigenvalue weighted by atomic mass is 9.70. The number of hydrogen-bond acceptors (Lipinski definition) is 3. The number of likely N-dealkylation sites (tertiary alicyclic amines) is 1. The highest BCUT2D eigenvalue weighted by atomic mass is 35.5. The molecule has 3 rings (SSSR count). The van der Waals surface area contributed by atoms with Crippen molar-refractivity contribution in [2.45, 2.75) is 37.6 Å². The van der Waals surface area contributed by atoms with Crippen LogP contribution in [-0.4, -0.2) is 36.6 Å². The normalized spacial score (nSPS) is 24.9. The third-order valence-electron chi connectivity index (χ3n) is 5.76. The van der Waals surface area contributed by atoms with Crippen LogP contribution in [0.5, 0.6) is 5.75 Å². The third kappa shape index (κ3) is 4.81. The van der Waals surface area contributed by atoms with Gasteiger partial charge >= 0.3 is 0 Å². The number of halogens is 2. The van der Waals surface area contributed by atoms with Gasteiger partial charge in [-0.05, 0) is 55.5 Å². The van der Waals surface area contributed by atoms with Crippen LogP contribution in [-0.2, 0) is 12.0 Å². The maximum atomic E-state index is 13.8. The zero-order valence-corrected chi connectivity index (χ0v) is 17.7. The summed E-state index contributed by atoms with van der Waals surface area (Å²) in [5.41, 5.74) is 1.70. The zero-order chi connectivity index (χ0) is 20.2. The molecule has 2 aromatic carbocycles. The third-order valence-corrected chi connectivity index (χ3v) is 6.50. The molecule has 0 bridgehead atoms. The molecule has 0 saturated carbocycles. The molecule has 6 heteroatoms. The number of aliphatic hydroxyl groups is 1. The van der Waals surface area contributed by atoms with Crippen molar-refractivity contribution in [2.24, 2.45) is 0 Å². The Labute approximate surface area is 176 Å². The molecule has 2 unspecified atom stereocenters. The highest BCUT2D eigenvalue weighted by molar-refractivity contribution is 6.42. The van der Waals surface area contributed by atoms with E-state index in [1.807, 2.05) is 36.4 Å². The van der Waals surface area contributed by atoms with Crippen molar-refractivity contribution in [2.75, 3.05) is 26.8 Å². The summed E-state index contributed by atoms with van der Waals surface area (Å²) in [6, 6.07) is 13.4. The first-order valence-electron chi connectivity index (χ1n) is 9.66. The second-order valence-electron chi connectivity index (χ2n) is 7.79. The summed E-state index contributed by atoms with van der Waals surface area (Å²) in [4.78, 5) is 0. The Morgan fingerprint density at radius 3 is 2.71 bits per heavy atom. The lowest BCUT2D eigenvalue weighted by molar-refractivity contribution is -0.903. The van der Waals surface area contributed by atoms with E-state index in [2.05, 4.69) is 0 Å². The van der Waals surface area contributed by atoms with E-state index in [0.717, 1.165) is 36.1 Å². The lowest BCUT2D eigenvalue weighted by Crippen LogP contribution is -2.55. The summed E-state index contributed by atoms with van der Waals surface area (Å²) in [7, 11) is 1.63. The molecule has 1 aliphatic rings. The van der Waals surface area contributed by atoms with Gasteiger partial charge in [0.15, 0.2) is 0 Å². The maximum absolute atomic E-state index is 13.8. The number of benzene rings is 2. The van der Waals surface area contributed by atoms with Gasteiger partial charge in [0.2, 0.25) is 0 Å². The van der Waals surface area contributed by atoms with E-state index < -0.39 is 0 Å². The molecule has 0 spiro atoms. The van der Waals surface area contributed by atoms with Gasteiger partial charge in [0.1, 0.15) is 12.3 Å². The van der Waals surface area contributed by atoms with Gasteiger partial charge in [0.05, 0.1) is 30.2 Å². The minimum Gasteiger partial charge on any atom is -0.633 e. The first-order valence-corrected chi connectivity index (χ1v) is 10.4. The Balaban J connectivity index is 1.91. The molecule has 4 nitrogen and oxygen atoms in total. The van der Waals surface area contributed by atoms with Gasteiger partial charge in [-0.2, -0.15) is 0 Å². The number of quaternary nitrogens is 1. The molecular weight excluding hydrogens is 397 g/mol. The second kappa shape index (κ2) is 9.02. The van der Waals surface area contributed by atoms with Gasteiger partial charge in [0, 0.05) is 17.6 Å². The fourth-order valence-electron chi connectivity index (χ4n) is 4.48. The summed E-state index contributed by atoms with van der Waals surface area (Å²) in [6.45, 7) is 1.55. The van der Waals surface area contributed by atoms with E-state index in [-0.39, 0.29) is 16.7 Å². The van der Waals surface area contributed by atoms with Crippen LogP contribution in [0.2, 0.25) is 10.0 Å². The second-order valence-corrected chi connectivity index (χ2v) is 8.60. The van der Waals surface area contributed by atoms with Crippen molar-refractivity contribution < 1.29 is 14.5 Å². The van der Waals surface area contributed by atoms with Crippen molar-refractivity contribution in [3.63, 3.8) is 0 Å². The van der Waals surface area contributed by atoms with E-state index in [1.54, 1.807) is 13.2 Å². The number of hydroxylamine groups is 3. The van der Waals surface area contributed by atoms with Crippen LogP contribution in [0.1, 0.15) is 36.8 Å². The van der Waals surface area contributed by atoms with Crippen molar-refractivity contribution in [1.29, 1.82) is 0 Å². The van der Waals surface area contributed by atoms with Gasteiger partial charge in [-0.15, -0.1) is 0 Å². The van der Waals surface area contributed by atoms with Crippen molar-refractivity contribution in [3.8, 4) is 5.75 Å². The average molecular weight is 424 g/mol. The van der Waals surface area contributed by atoms with Gasteiger partial charge in [0.25, 0.3) is 0 Å². The molecule has 0 amide bonds. The molecule has 0 aromatic heterocycles. The number of ether oxygens (including phenoxy) is 1. The first kappa shape index (κ1) is 21.4. The fraction of sp³-hybridized carbons (Fsp3) is 0.455. The van der Waals surface area contributed by atoms with Crippen LogP contribution in [0.25, 0.3) is 0 Å². The van der Waals surface area contributed by atoms with Crippen LogP contribution in [0.4, 0.5) is 0 Å². The molecule has 1 N–H and O–H groups in total. The SMILES string of the molecule is COc1cccc(C[N+]2([O-])CCCC(CCCO)(c3ccc(Cl)c(Cl)c3)C2)c1. The van der Waals surface area contributed by atoms with Crippen molar-refractivity contribution >= 4 is 23.2 Å². The van der Waals surface area contributed by atoms with Crippen molar-refractivity contribution in [1.82, 2.24) is 0 Å². The highest BCUT2D eigenvalue weighted by Gasteiger charge is 2.42. The minimum atomic E-state index is -0.310. The predicted molar refractivity (Wildman–Crippen MR) is 114 cm³/mol. The largest absolute Gasteiger partial charge is 0.633 e. The summed E-state index contributed by atoms with van der Waals surface area (Å²) in [6.07, 6.45) is 3.14. The number of piperidine rings is 1. The fourth-order valence-corrected chi connectivity index (χ4v) is 4.78. The monoisotopic (exact) mass is 423 g/mol. The Bertz CT molecular complexity index is 816. The van der Waals surface area contributed by atoms with Gasteiger partial charge in [-0.3, -0.25) is 0 Å². The molecule has 1 saturated heterocycles. The number of rotatable bonds is 7. The Morgan fingerprint density at radius 2 is 2.00 bits per heavy atom. The molecule has 28 heavy (non-hydrogen) atoms. The smallest absolute Gasteiger partial charge is 0.119 e. The van der Waals surface area contributed by atoms with Crippen LogP contribution in [0.3, 0.4) is 0 Å². The molecule has 152 valence electrons. The van der Waals surface area contributed by atoms with E-state index in [4.69, 9.17) is 27.9 Å². The molecule has 1 fully saturated rings. The molecular formula is C22H27Cl2NO3. The number of methoxy groups -OCH3 is 1. The quantitative estimate of drug-likeness (QED) is 0.484. The molecule has 2 aromatic rings. The van der Waals surface area contributed by atoms with Gasteiger partial charge < -0.3 is 19.7 Å². The number of hydrogen-bond donors (Lipinski definition) is 1. The molecule has 0 radical (unpaired) electrons. The zero-order valence-electron chi connectivity index (χ0n) is 16.2. The summed E-state index contributed by atoms with van der Waals surface area (Å²) >= 11 is 12.4. The topological polar surface area (TPSA) is 52.5 Å². The van der Waals surface area contributed by atoms with E-state index >= 15 is 0 Å². The van der Waals surface area contributed by atoms with Gasteiger partial charge in [-0.25, -0.2) is 0 Å². The highest BCUT2D eigenvalue weighted by Crippen LogP contribution is 2.43. The number of aliphatic hydroxyl groups excluding tert-OH is 1. The molecule has 2 atom stereocenters. The molecule has 0 aliphatic carbocycles. The average Bonchev–Trinajstić information content (AvgIpc) is 2.68. The predicted octanol–water partition coefficient (Wildman–Crippen LogP) is 5.32. The molecule has 1 heterocycles. The standard InChI is InChI=1S/C22H27Cl2NO3/c1-28-19-6-2-5-17(13-19)15-25(27)11-3-9-22(16-25,10-4-12-26)18-7-8-20(23)21(24)14-18/h2,5-8,13-14,26H,3-4,9-12,15-16H2,1H3. The Kier molecular flexibility index (Phi) is 6.89. The van der Waals surface area contributed by atoms with E-state index in [9.17, 15) is 10.3 Å². The van der Waals surface area contributed by atoms with Gasteiger partial charge in [-0.1, -0.05) is 41.4 Å². The summed E-state index contributed by atoms with van der Waals surface area (Å²) in [5.74, 6) is 0.761. The minimum absolute atomic E-state index is 0.109. The summed E-state index contributed by atoms with van der Waals surface area (Å²) in [5, 5.41) is 24.2. The van der Waals surface area contributed by atoms with Crippen LogP contribution < -0.4 is 4.74 Å². The van der Waals surface area contributed by atoms with E-state index in [0.29, 0.717) is 36.1 Å². The van der Waals surface area contributed by atoms with Crippen molar-refractivity contribution in [3.05, 3.63) is 68.8 Å². The van der Waals surface area contributed by atoms with Crippen LogP contribution in [0, 0.1) is 5.21 Å². The van der Waals surface area contributed by atoms with Crippen LogP contribution in [0.15, 0.2) is 42.5 Å². The first-order chi connectivity index (χ1) is 13.4. The Morgan fingerprint density at radius 1 is 1.18 bits per heavy atom. The van der Waals surface area contributed by atoms with Crippen LogP contribution >= 0.6 is 23.2 Å².